The zero-order valence-corrected chi connectivity index (χ0v) is 20.5. The van der Waals surface area contributed by atoms with Gasteiger partial charge in [-0.25, -0.2) is 9.37 Å². The van der Waals surface area contributed by atoms with Gasteiger partial charge in [-0.3, -0.25) is 14.9 Å². The lowest BCUT2D eigenvalue weighted by Crippen LogP contribution is -2.29. The van der Waals surface area contributed by atoms with E-state index in [4.69, 9.17) is 4.74 Å². The van der Waals surface area contributed by atoms with Crippen LogP contribution >= 0.6 is 0 Å². The van der Waals surface area contributed by atoms with Crippen molar-refractivity contribution in [2.75, 3.05) is 6.61 Å². The number of hydrogen-bond acceptors (Lipinski definition) is 5. The number of non-ortho nitro benzene ring substituents is 1. The van der Waals surface area contributed by atoms with E-state index in [2.05, 4.69) is 29.9 Å². The molecule has 0 saturated heterocycles. The Kier molecular flexibility index (Phi) is 7.28. The summed E-state index contributed by atoms with van der Waals surface area (Å²) in [5.74, 6) is -0.890. The number of hydrogen-bond donors (Lipinski definition) is 1. The van der Waals surface area contributed by atoms with Crippen molar-refractivity contribution < 1.29 is 18.8 Å². The molecule has 3 rings (SSSR count). The number of carbonyl (C=O) groups excluding carboxylic acids is 1. The summed E-state index contributed by atoms with van der Waals surface area (Å²) in [6.07, 6.45) is 3.13. The number of nitro groups is 1. The van der Waals surface area contributed by atoms with Gasteiger partial charge in [0.2, 0.25) is 0 Å². The molecule has 1 aromatic carbocycles. The summed E-state index contributed by atoms with van der Waals surface area (Å²) in [6, 6.07) is 5.91. The Morgan fingerprint density at radius 3 is 2.67 bits per heavy atom. The highest BCUT2D eigenvalue weighted by Crippen LogP contribution is 2.30. The summed E-state index contributed by atoms with van der Waals surface area (Å²) in [5.41, 5.74) is 1.07. The van der Waals surface area contributed by atoms with Crippen LogP contribution < -0.4 is 5.32 Å². The van der Waals surface area contributed by atoms with Gasteiger partial charge >= 0.3 is 0 Å². The number of aromatic nitrogens is 2. The SMILES string of the molecule is CC(C)NC(=O)c1cn(COCC[Si](C)(C)C)c2ncc(-c3cc([N+](=O)[O-])ccc3F)cc12. The maximum absolute atomic E-state index is 14.5. The van der Waals surface area contributed by atoms with Crippen LogP contribution in [0.15, 0.2) is 36.7 Å². The van der Waals surface area contributed by atoms with Gasteiger partial charge in [-0.15, -0.1) is 0 Å². The summed E-state index contributed by atoms with van der Waals surface area (Å²) in [5, 5.41) is 14.5. The average molecular weight is 473 g/mol. The maximum atomic E-state index is 14.5. The van der Waals surface area contributed by atoms with E-state index in [1.807, 2.05) is 13.8 Å². The third kappa shape index (κ3) is 6.02. The Hall–Kier alpha value is -3.11. The zero-order valence-electron chi connectivity index (χ0n) is 19.5. The highest BCUT2D eigenvalue weighted by molar-refractivity contribution is 6.76. The minimum atomic E-state index is -1.24. The lowest BCUT2D eigenvalue weighted by Gasteiger charge is -2.15. The van der Waals surface area contributed by atoms with Crippen LogP contribution in [0.3, 0.4) is 0 Å². The van der Waals surface area contributed by atoms with Gasteiger partial charge in [0.1, 0.15) is 18.2 Å². The van der Waals surface area contributed by atoms with Gasteiger partial charge in [0.15, 0.2) is 0 Å². The summed E-state index contributed by atoms with van der Waals surface area (Å²) >= 11 is 0. The Balaban J connectivity index is 2.03. The molecular formula is C23H29FN4O4Si. The third-order valence-corrected chi connectivity index (χ3v) is 6.78. The molecule has 0 aliphatic heterocycles. The zero-order chi connectivity index (χ0) is 24.3. The molecule has 3 aromatic rings. The Morgan fingerprint density at radius 1 is 1.30 bits per heavy atom. The van der Waals surface area contributed by atoms with E-state index in [-0.39, 0.29) is 29.9 Å². The molecule has 1 N–H and O–H groups in total. The molecule has 0 aliphatic carbocycles. The number of fused-ring (bicyclic) bond motifs is 1. The Morgan fingerprint density at radius 2 is 2.03 bits per heavy atom. The number of benzene rings is 1. The van der Waals surface area contributed by atoms with E-state index in [9.17, 15) is 19.3 Å². The standard InChI is InChI=1S/C23H29FN4O4Si/c1-15(2)26-23(29)20-13-27(14-32-8-9-33(3,4)5)22-19(20)10-16(12-25-22)18-11-17(28(30)31)6-7-21(18)24/h6-7,10-13,15H,8-9,14H2,1-5H3,(H,26,29). The normalized spacial score (nSPS) is 11.8. The van der Waals surface area contributed by atoms with Crippen LogP contribution in [-0.4, -0.2) is 41.1 Å². The minimum absolute atomic E-state index is 0.0490. The second-order valence-electron chi connectivity index (χ2n) is 9.51. The molecule has 2 heterocycles. The van der Waals surface area contributed by atoms with E-state index in [1.54, 1.807) is 16.8 Å². The van der Waals surface area contributed by atoms with Crippen molar-refractivity contribution in [3.8, 4) is 11.1 Å². The van der Waals surface area contributed by atoms with Gasteiger partial charge in [-0.2, -0.15) is 0 Å². The van der Waals surface area contributed by atoms with Crippen LogP contribution in [0.1, 0.15) is 24.2 Å². The molecule has 1 amide bonds. The molecule has 0 saturated carbocycles. The van der Waals surface area contributed by atoms with Crippen LogP contribution in [0.4, 0.5) is 10.1 Å². The fraction of sp³-hybridized carbons (Fsp3) is 0.391. The smallest absolute Gasteiger partial charge is 0.270 e. The van der Waals surface area contributed by atoms with E-state index in [1.165, 1.54) is 12.3 Å². The summed E-state index contributed by atoms with van der Waals surface area (Å²) in [7, 11) is -1.24. The average Bonchev–Trinajstić information content (AvgIpc) is 3.08. The topological polar surface area (TPSA) is 99.3 Å². The maximum Gasteiger partial charge on any atom is 0.270 e. The van der Waals surface area contributed by atoms with Crippen molar-refractivity contribution in [2.24, 2.45) is 0 Å². The molecule has 0 unspecified atom stereocenters. The van der Waals surface area contributed by atoms with Gasteiger partial charge in [-0.05, 0) is 32.0 Å². The minimum Gasteiger partial charge on any atom is -0.361 e. The largest absolute Gasteiger partial charge is 0.361 e. The van der Waals surface area contributed by atoms with Crippen molar-refractivity contribution in [3.63, 3.8) is 0 Å². The molecule has 0 radical (unpaired) electrons. The van der Waals surface area contributed by atoms with Crippen molar-refractivity contribution in [1.29, 1.82) is 0 Å². The number of carbonyl (C=O) groups is 1. The van der Waals surface area contributed by atoms with Gasteiger partial charge in [-0.1, -0.05) is 19.6 Å². The number of nitro benzene ring substituents is 1. The molecule has 0 aliphatic rings. The van der Waals surface area contributed by atoms with Crippen LogP contribution in [0, 0.1) is 15.9 Å². The second kappa shape index (κ2) is 9.80. The molecule has 0 fully saturated rings. The van der Waals surface area contributed by atoms with Gasteiger partial charge in [0, 0.05) is 61.8 Å². The molecule has 2 aromatic heterocycles. The van der Waals surface area contributed by atoms with Crippen LogP contribution in [-0.2, 0) is 11.5 Å². The molecule has 0 spiro atoms. The highest BCUT2D eigenvalue weighted by Gasteiger charge is 2.20. The number of amides is 1. The number of nitrogens with zero attached hydrogens (tertiary/aromatic N) is 3. The molecule has 0 bridgehead atoms. The first-order valence-corrected chi connectivity index (χ1v) is 14.5. The van der Waals surface area contributed by atoms with E-state index in [0.29, 0.717) is 28.8 Å². The summed E-state index contributed by atoms with van der Waals surface area (Å²) in [6.45, 7) is 11.4. The fourth-order valence-corrected chi connectivity index (χ4v) is 4.08. The van der Waals surface area contributed by atoms with Crippen molar-refractivity contribution in [3.05, 3.63) is 58.2 Å². The molecule has 0 atom stereocenters. The Labute approximate surface area is 192 Å². The Bertz CT molecular complexity index is 1190. The summed E-state index contributed by atoms with van der Waals surface area (Å²) < 4.78 is 22.1. The number of rotatable bonds is 9. The predicted molar refractivity (Wildman–Crippen MR) is 128 cm³/mol. The summed E-state index contributed by atoms with van der Waals surface area (Å²) in [4.78, 5) is 27.9. The number of halogens is 1. The first kappa shape index (κ1) is 24.5. The lowest BCUT2D eigenvalue weighted by molar-refractivity contribution is -0.384. The number of nitrogens with one attached hydrogen (secondary N) is 1. The lowest BCUT2D eigenvalue weighted by atomic mass is 10.0. The monoisotopic (exact) mass is 472 g/mol. The first-order valence-electron chi connectivity index (χ1n) is 10.8. The highest BCUT2D eigenvalue weighted by atomic mass is 28.3. The quantitative estimate of drug-likeness (QED) is 0.200. The van der Waals surface area contributed by atoms with E-state index < -0.39 is 18.8 Å². The molecule has 33 heavy (non-hydrogen) atoms. The molecular weight excluding hydrogens is 443 g/mol. The van der Waals surface area contributed by atoms with Crippen LogP contribution in [0.5, 0.6) is 0 Å². The first-order chi connectivity index (χ1) is 15.5. The van der Waals surface area contributed by atoms with Gasteiger partial charge in [0.05, 0.1) is 10.5 Å². The second-order valence-corrected chi connectivity index (χ2v) is 15.1. The van der Waals surface area contributed by atoms with Crippen molar-refractivity contribution in [2.45, 2.75) is 52.3 Å². The number of pyridine rings is 1. The molecule has 176 valence electrons. The van der Waals surface area contributed by atoms with Crippen molar-refractivity contribution >= 4 is 30.7 Å². The molecule has 10 heteroatoms. The van der Waals surface area contributed by atoms with E-state index in [0.717, 1.165) is 18.2 Å². The third-order valence-electron chi connectivity index (χ3n) is 5.08. The number of ether oxygens (including phenoxy) is 1. The van der Waals surface area contributed by atoms with Crippen LogP contribution in [0.2, 0.25) is 25.7 Å². The van der Waals surface area contributed by atoms with Crippen molar-refractivity contribution in [1.82, 2.24) is 14.9 Å². The van der Waals surface area contributed by atoms with Gasteiger partial charge < -0.3 is 14.6 Å². The van der Waals surface area contributed by atoms with Crippen LogP contribution in [0.25, 0.3) is 22.2 Å². The molecule has 8 nitrogen and oxygen atoms in total. The fourth-order valence-electron chi connectivity index (χ4n) is 3.33. The van der Waals surface area contributed by atoms with E-state index >= 15 is 0 Å². The predicted octanol–water partition coefficient (Wildman–Crippen LogP) is 5.20. The van der Waals surface area contributed by atoms with Gasteiger partial charge in [0.25, 0.3) is 11.6 Å².